The van der Waals surface area contributed by atoms with E-state index in [-0.39, 0.29) is 5.54 Å². The van der Waals surface area contributed by atoms with Crippen LogP contribution in [-0.4, -0.2) is 19.1 Å². The van der Waals surface area contributed by atoms with Crippen molar-refractivity contribution in [3.8, 4) is 0 Å². The minimum Gasteiger partial charge on any atom is -0.374 e. The van der Waals surface area contributed by atoms with Crippen LogP contribution in [0, 0.1) is 20.8 Å². The summed E-state index contributed by atoms with van der Waals surface area (Å²) < 4.78 is 0. The fraction of sp³-hybridized carbons (Fsp3) is 0.600. The summed E-state index contributed by atoms with van der Waals surface area (Å²) in [5.74, 6) is 0. The highest BCUT2D eigenvalue weighted by molar-refractivity contribution is 5.56. The molecular weight excluding hydrogens is 208 g/mol. The summed E-state index contributed by atoms with van der Waals surface area (Å²) in [5, 5.41) is 0. The Morgan fingerprint density at radius 1 is 1.06 bits per heavy atom. The van der Waals surface area contributed by atoms with Gasteiger partial charge in [0.05, 0.1) is 0 Å². The van der Waals surface area contributed by atoms with Crippen LogP contribution in [0.15, 0.2) is 12.1 Å². The van der Waals surface area contributed by atoms with E-state index >= 15 is 0 Å². The number of rotatable bonds is 4. The van der Waals surface area contributed by atoms with Crippen LogP contribution in [0.3, 0.4) is 0 Å². The van der Waals surface area contributed by atoms with E-state index in [9.17, 15) is 0 Å². The van der Waals surface area contributed by atoms with Crippen molar-refractivity contribution >= 4 is 5.69 Å². The number of hydrogen-bond donors (Lipinski definition) is 1. The smallest absolute Gasteiger partial charge is 0.0396 e. The van der Waals surface area contributed by atoms with Crippen molar-refractivity contribution in [1.82, 2.24) is 0 Å². The molecule has 1 rings (SSSR count). The molecule has 0 saturated carbocycles. The molecule has 2 N–H and O–H groups in total. The molecule has 96 valence electrons. The molecule has 0 heterocycles. The highest BCUT2D eigenvalue weighted by atomic mass is 15.1. The van der Waals surface area contributed by atoms with Gasteiger partial charge in [0, 0.05) is 24.8 Å². The molecule has 17 heavy (non-hydrogen) atoms. The standard InChI is InChI=1S/C15H26N2/c1-11-9-13(3)14(10-12(11)2)17(6)8-7-15(4,5)16/h9-10H,7-8,16H2,1-6H3. The highest BCUT2D eigenvalue weighted by Gasteiger charge is 2.13. The Kier molecular flexibility index (Phi) is 4.21. The van der Waals surface area contributed by atoms with Crippen molar-refractivity contribution in [2.45, 2.75) is 46.6 Å². The summed E-state index contributed by atoms with van der Waals surface area (Å²) in [6.45, 7) is 11.6. The van der Waals surface area contributed by atoms with Crippen LogP contribution in [0.2, 0.25) is 0 Å². The maximum atomic E-state index is 6.03. The summed E-state index contributed by atoms with van der Waals surface area (Å²) in [4.78, 5) is 2.30. The van der Waals surface area contributed by atoms with Crippen LogP contribution in [-0.2, 0) is 0 Å². The molecule has 2 heteroatoms. The molecule has 0 radical (unpaired) electrons. The first-order chi connectivity index (χ1) is 7.70. The second-order valence-electron chi connectivity index (χ2n) is 5.88. The Bertz CT molecular complexity index is 389. The van der Waals surface area contributed by atoms with Crippen LogP contribution >= 0.6 is 0 Å². The van der Waals surface area contributed by atoms with Gasteiger partial charge in [-0.3, -0.25) is 0 Å². The number of nitrogens with zero attached hydrogens (tertiary/aromatic N) is 1. The first kappa shape index (κ1) is 14.0. The van der Waals surface area contributed by atoms with Crippen molar-refractivity contribution < 1.29 is 0 Å². The van der Waals surface area contributed by atoms with Gasteiger partial charge in [0.1, 0.15) is 0 Å². The summed E-state index contributed by atoms with van der Waals surface area (Å²) in [6.07, 6.45) is 0.996. The van der Waals surface area contributed by atoms with Gasteiger partial charge in [-0.25, -0.2) is 0 Å². The van der Waals surface area contributed by atoms with Crippen molar-refractivity contribution in [3.63, 3.8) is 0 Å². The van der Waals surface area contributed by atoms with E-state index in [1.165, 1.54) is 22.4 Å². The third kappa shape index (κ3) is 4.04. The molecule has 0 amide bonds. The van der Waals surface area contributed by atoms with Gasteiger partial charge in [0.2, 0.25) is 0 Å². The number of aryl methyl sites for hydroxylation is 3. The largest absolute Gasteiger partial charge is 0.374 e. The van der Waals surface area contributed by atoms with Crippen LogP contribution in [0.5, 0.6) is 0 Å². The Morgan fingerprint density at radius 2 is 1.59 bits per heavy atom. The van der Waals surface area contributed by atoms with Gasteiger partial charge >= 0.3 is 0 Å². The lowest BCUT2D eigenvalue weighted by Gasteiger charge is -2.27. The summed E-state index contributed by atoms with van der Waals surface area (Å²) >= 11 is 0. The van der Waals surface area contributed by atoms with Crippen molar-refractivity contribution in [1.29, 1.82) is 0 Å². The molecule has 0 fully saturated rings. The fourth-order valence-corrected chi connectivity index (χ4v) is 1.93. The van der Waals surface area contributed by atoms with Crippen LogP contribution in [0.1, 0.15) is 37.0 Å². The van der Waals surface area contributed by atoms with E-state index < -0.39 is 0 Å². The van der Waals surface area contributed by atoms with Gasteiger partial charge in [-0.1, -0.05) is 6.07 Å². The molecule has 0 aliphatic carbocycles. The normalized spacial score (nSPS) is 11.7. The molecule has 0 bridgehead atoms. The molecule has 1 aromatic carbocycles. The summed E-state index contributed by atoms with van der Waals surface area (Å²) in [5.41, 5.74) is 11.3. The first-order valence-corrected chi connectivity index (χ1v) is 6.28. The van der Waals surface area contributed by atoms with Gasteiger partial charge in [-0.15, -0.1) is 0 Å². The minimum absolute atomic E-state index is 0.0953. The van der Waals surface area contributed by atoms with Crippen LogP contribution in [0.4, 0.5) is 5.69 Å². The molecular formula is C15H26N2. The third-order valence-corrected chi connectivity index (χ3v) is 3.32. The maximum absolute atomic E-state index is 6.03. The molecule has 0 aliphatic heterocycles. The molecule has 0 unspecified atom stereocenters. The molecule has 0 atom stereocenters. The number of anilines is 1. The number of benzene rings is 1. The zero-order valence-corrected chi connectivity index (χ0v) is 12.1. The maximum Gasteiger partial charge on any atom is 0.0396 e. The van der Waals surface area contributed by atoms with Crippen molar-refractivity contribution in [3.05, 3.63) is 28.8 Å². The Balaban J connectivity index is 2.82. The Hall–Kier alpha value is -1.02. The lowest BCUT2D eigenvalue weighted by molar-refractivity contribution is 0.479. The quantitative estimate of drug-likeness (QED) is 0.867. The van der Waals surface area contributed by atoms with Gasteiger partial charge in [0.25, 0.3) is 0 Å². The number of hydrogen-bond acceptors (Lipinski definition) is 2. The first-order valence-electron chi connectivity index (χ1n) is 6.28. The lowest BCUT2D eigenvalue weighted by atomic mass is 10.0. The van der Waals surface area contributed by atoms with Gasteiger partial charge in [0.15, 0.2) is 0 Å². The zero-order valence-electron chi connectivity index (χ0n) is 12.1. The molecule has 1 aromatic rings. The predicted octanol–water partition coefficient (Wildman–Crippen LogP) is 3.18. The van der Waals surface area contributed by atoms with Crippen molar-refractivity contribution in [2.24, 2.45) is 5.73 Å². The van der Waals surface area contributed by atoms with Crippen LogP contribution in [0.25, 0.3) is 0 Å². The SMILES string of the molecule is Cc1cc(C)c(N(C)CCC(C)(C)N)cc1C. The molecule has 0 spiro atoms. The van der Waals surface area contributed by atoms with Gasteiger partial charge in [-0.05, 0) is 63.8 Å². The van der Waals surface area contributed by atoms with E-state index in [2.05, 4.69) is 58.7 Å². The minimum atomic E-state index is -0.0953. The predicted molar refractivity (Wildman–Crippen MR) is 76.8 cm³/mol. The van der Waals surface area contributed by atoms with E-state index in [1.54, 1.807) is 0 Å². The molecule has 0 aromatic heterocycles. The topological polar surface area (TPSA) is 29.3 Å². The molecule has 0 saturated heterocycles. The average Bonchev–Trinajstić information content (AvgIpc) is 2.19. The lowest BCUT2D eigenvalue weighted by Crippen LogP contribution is -2.36. The monoisotopic (exact) mass is 234 g/mol. The van der Waals surface area contributed by atoms with E-state index in [0.717, 1.165) is 13.0 Å². The Morgan fingerprint density at radius 3 is 2.12 bits per heavy atom. The molecule has 0 aliphatic rings. The second kappa shape index (κ2) is 5.09. The van der Waals surface area contributed by atoms with Crippen molar-refractivity contribution in [2.75, 3.05) is 18.5 Å². The highest BCUT2D eigenvalue weighted by Crippen LogP contribution is 2.23. The molecule has 2 nitrogen and oxygen atoms in total. The fourth-order valence-electron chi connectivity index (χ4n) is 1.93. The van der Waals surface area contributed by atoms with Gasteiger partial charge < -0.3 is 10.6 Å². The summed E-state index contributed by atoms with van der Waals surface area (Å²) in [7, 11) is 2.14. The van der Waals surface area contributed by atoms with E-state index in [4.69, 9.17) is 5.73 Å². The third-order valence-electron chi connectivity index (χ3n) is 3.32. The van der Waals surface area contributed by atoms with E-state index in [0.29, 0.717) is 0 Å². The zero-order chi connectivity index (χ0) is 13.2. The second-order valence-corrected chi connectivity index (χ2v) is 5.88. The average molecular weight is 234 g/mol. The Labute approximate surface area is 106 Å². The van der Waals surface area contributed by atoms with Crippen LogP contribution < -0.4 is 10.6 Å². The number of nitrogens with two attached hydrogens (primary N) is 1. The summed E-state index contributed by atoms with van der Waals surface area (Å²) in [6, 6.07) is 4.53. The van der Waals surface area contributed by atoms with E-state index in [1.807, 2.05) is 0 Å². The van der Waals surface area contributed by atoms with Gasteiger partial charge in [-0.2, -0.15) is 0 Å².